The quantitative estimate of drug-likeness (QED) is 0.675. The number of benzene rings is 2. The van der Waals surface area contributed by atoms with Gasteiger partial charge in [-0.1, -0.05) is 29.0 Å². The van der Waals surface area contributed by atoms with E-state index in [1.54, 1.807) is 13.1 Å². The van der Waals surface area contributed by atoms with Crippen molar-refractivity contribution in [3.05, 3.63) is 53.1 Å². The Morgan fingerprint density at radius 3 is 2.56 bits per heavy atom. The van der Waals surface area contributed by atoms with Crippen LogP contribution in [-0.4, -0.2) is 36.7 Å². The largest absolute Gasteiger partial charge is 0.298 e. The van der Waals surface area contributed by atoms with E-state index >= 15 is 0 Å². The Balaban J connectivity index is 1.52. The summed E-state index contributed by atoms with van der Waals surface area (Å²) < 4.78 is 27.3. The van der Waals surface area contributed by atoms with E-state index in [1.807, 2.05) is 12.1 Å². The van der Waals surface area contributed by atoms with E-state index in [0.717, 1.165) is 17.5 Å². The Hall–Kier alpha value is -2.00. The van der Waals surface area contributed by atoms with E-state index in [-0.39, 0.29) is 16.8 Å². The van der Waals surface area contributed by atoms with Gasteiger partial charge in [-0.15, -0.1) is 0 Å². The van der Waals surface area contributed by atoms with Gasteiger partial charge in [0.2, 0.25) is 10.0 Å². The summed E-state index contributed by atoms with van der Waals surface area (Å²) >= 11 is 7.43. The predicted octanol–water partition coefficient (Wildman–Crippen LogP) is 3.98. The van der Waals surface area contributed by atoms with E-state index in [2.05, 4.69) is 10.3 Å². The fourth-order valence-corrected chi connectivity index (χ4v) is 5.29. The maximum Gasteiger partial charge on any atom is 0.257 e. The summed E-state index contributed by atoms with van der Waals surface area (Å²) in [6, 6.07) is 11.5. The zero-order valence-electron chi connectivity index (χ0n) is 14.3. The monoisotopic (exact) mass is 421 g/mol. The molecule has 0 aliphatic heterocycles. The van der Waals surface area contributed by atoms with Crippen molar-refractivity contribution in [3.63, 3.8) is 0 Å². The Labute approximate surface area is 165 Å². The van der Waals surface area contributed by atoms with Gasteiger partial charge in [0.05, 0.1) is 14.6 Å². The summed E-state index contributed by atoms with van der Waals surface area (Å²) in [7, 11) is -1.93. The number of anilines is 1. The molecule has 1 aliphatic carbocycles. The molecule has 1 aliphatic rings. The molecule has 9 heteroatoms. The van der Waals surface area contributed by atoms with Gasteiger partial charge < -0.3 is 0 Å². The van der Waals surface area contributed by atoms with Crippen molar-refractivity contribution in [1.82, 2.24) is 9.29 Å². The van der Waals surface area contributed by atoms with Gasteiger partial charge in [-0.25, -0.2) is 13.4 Å². The number of hydrogen-bond donors (Lipinski definition) is 1. The highest BCUT2D eigenvalue weighted by Gasteiger charge is 2.35. The normalized spacial score (nSPS) is 14.6. The lowest BCUT2D eigenvalue weighted by molar-refractivity contribution is 0.102. The number of amides is 1. The number of aromatic nitrogens is 1. The third-order valence-corrected chi connectivity index (χ3v) is 7.61. The standard InChI is InChI=1S/C18H16ClN3O3S2/c1-22(12-7-8-12)27(24,25)13-9-5-11(6-10-13)17(23)21-18-20-16-14(19)3-2-4-15(16)26-18/h2-6,9-10,12H,7-8H2,1H3,(H,20,21,23). The molecule has 4 rings (SSSR count). The number of nitrogens with zero attached hydrogens (tertiary/aromatic N) is 2. The van der Waals surface area contributed by atoms with E-state index < -0.39 is 10.0 Å². The molecular weight excluding hydrogens is 406 g/mol. The molecule has 3 aromatic rings. The van der Waals surface area contributed by atoms with Gasteiger partial charge in [0.25, 0.3) is 5.91 Å². The van der Waals surface area contributed by atoms with E-state index in [0.29, 0.717) is 21.2 Å². The SMILES string of the molecule is CN(C1CC1)S(=O)(=O)c1ccc(C(=O)Nc2nc3c(Cl)cccc3s2)cc1. The van der Waals surface area contributed by atoms with E-state index in [4.69, 9.17) is 11.6 Å². The molecule has 1 fully saturated rings. The van der Waals surface area contributed by atoms with Crippen molar-refractivity contribution in [1.29, 1.82) is 0 Å². The lowest BCUT2D eigenvalue weighted by Crippen LogP contribution is -2.29. The minimum absolute atomic E-state index is 0.0869. The summed E-state index contributed by atoms with van der Waals surface area (Å²) in [5, 5.41) is 3.70. The number of rotatable bonds is 5. The number of carbonyl (C=O) groups excluding carboxylic acids is 1. The van der Waals surface area contributed by atoms with Crippen LogP contribution in [0.4, 0.5) is 5.13 Å². The molecule has 1 saturated carbocycles. The predicted molar refractivity (Wildman–Crippen MR) is 107 cm³/mol. The van der Waals surface area contributed by atoms with Crippen LogP contribution in [0.5, 0.6) is 0 Å². The first-order valence-electron chi connectivity index (χ1n) is 8.31. The third kappa shape index (κ3) is 3.58. The van der Waals surface area contributed by atoms with Gasteiger partial charge in [-0.05, 0) is 49.2 Å². The molecule has 1 N–H and O–H groups in total. The van der Waals surface area contributed by atoms with Crippen molar-refractivity contribution in [2.75, 3.05) is 12.4 Å². The van der Waals surface area contributed by atoms with Crippen LogP contribution in [0.3, 0.4) is 0 Å². The van der Waals surface area contributed by atoms with Crippen molar-refractivity contribution in [2.45, 2.75) is 23.8 Å². The smallest absolute Gasteiger partial charge is 0.257 e. The first-order valence-corrected chi connectivity index (χ1v) is 10.9. The average Bonchev–Trinajstić information content (AvgIpc) is 3.41. The summed E-state index contributed by atoms with van der Waals surface area (Å²) in [6.07, 6.45) is 1.78. The first kappa shape index (κ1) is 18.4. The molecule has 2 aromatic carbocycles. The van der Waals surface area contributed by atoms with Gasteiger partial charge in [-0.2, -0.15) is 4.31 Å². The highest BCUT2D eigenvalue weighted by atomic mass is 35.5. The maximum atomic E-state index is 12.5. The highest BCUT2D eigenvalue weighted by Crippen LogP contribution is 2.32. The highest BCUT2D eigenvalue weighted by molar-refractivity contribution is 7.89. The molecule has 27 heavy (non-hydrogen) atoms. The number of hydrogen-bond acceptors (Lipinski definition) is 5. The minimum Gasteiger partial charge on any atom is -0.298 e. The number of para-hydroxylation sites is 1. The molecule has 0 radical (unpaired) electrons. The van der Waals surface area contributed by atoms with Crippen molar-refractivity contribution >= 4 is 54.2 Å². The Kier molecular flexibility index (Phi) is 4.67. The van der Waals surface area contributed by atoms with Crippen LogP contribution in [0.15, 0.2) is 47.4 Å². The number of thiazole rings is 1. The second-order valence-corrected chi connectivity index (χ2v) is 9.77. The molecule has 0 spiro atoms. The van der Waals surface area contributed by atoms with Crippen LogP contribution in [0.2, 0.25) is 5.02 Å². The van der Waals surface area contributed by atoms with Gasteiger partial charge in [0, 0.05) is 18.7 Å². The summed E-state index contributed by atoms with van der Waals surface area (Å²) in [6.45, 7) is 0. The van der Waals surface area contributed by atoms with Crippen LogP contribution >= 0.6 is 22.9 Å². The fourth-order valence-electron chi connectivity index (χ4n) is 2.72. The molecule has 0 saturated heterocycles. The topological polar surface area (TPSA) is 79.4 Å². The van der Waals surface area contributed by atoms with Crippen LogP contribution in [0.1, 0.15) is 23.2 Å². The van der Waals surface area contributed by atoms with Gasteiger partial charge >= 0.3 is 0 Å². The average molecular weight is 422 g/mol. The molecule has 0 unspecified atom stereocenters. The molecule has 140 valence electrons. The van der Waals surface area contributed by atoms with Gasteiger partial charge in [0.15, 0.2) is 5.13 Å². The zero-order chi connectivity index (χ0) is 19.2. The van der Waals surface area contributed by atoms with Crippen LogP contribution < -0.4 is 5.32 Å². The van der Waals surface area contributed by atoms with Gasteiger partial charge in [-0.3, -0.25) is 10.1 Å². The number of fused-ring (bicyclic) bond motifs is 1. The number of nitrogens with one attached hydrogen (secondary N) is 1. The van der Waals surface area contributed by atoms with E-state index in [1.165, 1.54) is 39.9 Å². The third-order valence-electron chi connectivity index (χ3n) is 4.44. The Bertz CT molecular complexity index is 1120. The number of carbonyl (C=O) groups is 1. The van der Waals surface area contributed by atoms with Crippen LogP contribution in [-0.2, 0) is 10.0 Å². The molecular formula is C18H16ClN3O3S2. The second-order valence-electron chi connectivity index (χ2n) is 6.34. The minimum atomic E-state index is -3.52. The summed E-state index contributed by atoms with van der Waals surface area (Å²) in [5.74, 6) is -0.357. The molecule has 0 atom stereocenters. The first-order chi connectivity index (χ1) is 12.9. The van der Waals surface area contributed by atoms with Crippen LogP contribution in [0, 0.1) is 0 Å². The van der Waals surface area contributed by atoms with Crippen molar-refractivity contribution < 1.29 is 13.2 Å². The van der Waals surface area contributed by atoms with Crippen molar-refractivity contribution in [3.8, 4) is 0 Å². The molecule has 1 heterocycles. The van der Waals surface area contributed by atoms with E-state index in [9.17, 15) is 13.2 Å². The van der Waals surface area contributed by atoms with Gasteiger partial charge in [0.1, 0.15) is 5.52 Å². The lowest BCUT2D eigenvalue weighted by atomic mass is 10.2. The Morgan fingerprint density at radius 2 is 1.93 bits per heavy atom. The summed E-state index contributed by atoms with van der Waals surface area (Å²) in [4.78, 5) is 17.0. The fraction of sp³-hybridized carbons (Fsp3) is 0.222. The molecule has 1 aromatic heterocycles. The van der Waals surface area contributed by atoms with Crippen molar-refractivity contribution in [2.24, 2.45) is 0 Å². The number of halogens is 1. The second kappa shape index (κ2) is 6.87. The maximum absolute atomic E-state index is 12.5. The molecule has 6 nitrogen and oxygen atoms in total. The Morgan fingerprint density at radius 1 is 1.22 bits per heavy atom. The molecule has 0 bridgehead atoms. The zero-order valence-corrected chi connectivity index (χ0v) is 16.7. The lowest BCUT2D eigenvalue weighted by Gasteiger charge is -2.16. The molecule has 1 amide bonds. The van der Waals surface area contributed by atoms with Crippen LogP contribution in [0.25, 0.3) is 10.2 Å². The summed E-state index contributed by atoms with van der Waals surface area (Å²) in [5.41, 5.74) is 0.998. The number of sulfonamides is 1.